The fourth-order valence-corrected chi connectivity index (χ4v) is 4.26. The van der Waals surface area contributed by atoms with E-state index >= 15 is 0 Å². The lowest BCUT2D eigenvalue weighted by atomic mass is 9.95. The lowest BCUT2D eigenvalue weighted by Gasteiger charge is -2.26. The average Bonchev–Trinajstić information content (AvgIpc) is 3.07. The highest BCUT2D eigenvalue weighted by atomic mass is 35.5. The molecule has 0 aromatic heterocycles. The van der Waals surface area contributed by atoms with Crippen LogP contribution in [0.5, 0.6) is 17.2 Å². The Labute approximate surface area is 204 Å². The Hall–Kier alpha value is -3.23. The first kappa shape index (κ1) is 25.4. The summed E-state index contributed by atoms with van der Waals surface area (Å²) in [7, 11) is 8.39. The molecular weight excluding hydrogens is 460 g/mol. The van der Waals surface area contributed by atoms with Crippen molar-refractivity contribution in [2.75, 3.05) is 48.5 Å². The Morgan fingerprint density at radius 1 is 1.00 bits per heavy atom. The summed E-state index contributed by atoms with van der Waals surface area (Å²) in [5, 5.41) is 11.5. The number of methoxy groups -OCH3 is 3. The lowest BCUT2D eigenvalue weighted by molar-refractivity contribution is -0.139. The first-order valence-corrected chi connectivity index (χ1v) is 11.1. The molecule has 1 N–H and O–H groups in total. The van der Waals surface area contributed by atoms with Crippen molar-refractivity contribution >= 4 is 29.1 Å². The second kappa shape index (κ2) is 10.8. The monoisotopic (exact) mass is 488 g/mol. The zero-order valence-corrected chi connectivity index (χ0v) is 20.7. The van der Waals surface area contributed by atoms with Gasteiger partial charge in [0.25, 0.3) is 11.7 Å². The van der Waals surface area contributed by atoms with Crippen LogP contribution in [0.25, 0.3) is 5.76 Å². The Kier molecular flexibility index (Phi) is 8.06. The molecule has 0 aliphatic carbocycles. The fourth-order valence-electron chi connectivity index (χ4n) is 4.01. The number of carbonyl (C=O) groups excluding carboxylic acids is 2. The van der Waals surface area contributed by atoms with E-state index in [4.69, 9.17) is 25.8 Å². The molecule has 0 radical (unpaired) electrons. The quantitative estimate of drug-likeness (QED) is 0.327. The van der Waals surface area contributed by atoms with E-state index in [2.05, 4.69) is 0 Å². The van der Waals surface area contributed by atoms with Gasteiger partial charge in [-0.1, -0.05) is 17.7 Å². The molecule has 2 aromatic rings. The highest BCUT2D eigenvalue weighted by molar-refractivity contribution is 6.46. The summed E-state index contributed by atoms with van der Waals surface area (Å²) >= 11 is 6.24. The molecule has 1 saturated heterocycles. The average molecular weight is 489 g/mol. The zero-order valence-electron chi connectivity index (χ0n) is 19.9. The van der Waals surface area contributed by atoms with Crippen molar-refractivity contribution in [1.82, 2.24) is 9.80 Å². The molecule has 34 heavy (non-hydrogen) atoms. The molecule has 0 unspecified atom stereocenters. The molecule has 3 rings (SSSR count). The molecular formula is C25H29ClN2O6. The number of aliphatic hydroxyl groups excluding tert-OH is 1. The molecule has 0 bridgehead atoms. The van der Waals surface area contributed by atoms with E-state index in [0.717, 1.165) is 6.54 Å². The Morgan fingerprint density at radius 2 is 1.65 bits per heavy atom. The van der Waals surface area contributed by atoms with Crippen molar-refractivity contribution in [3.05, 3.63) is 58.1 Å². The predicted molar refractivity (Wildman–Crippen MR) is 130 cm³/mol. The van der Waals surface area contributed by atoms with Gasteiger partial charge in [-0.05, 0) is 63.0 Å². The summed E-state index contributed by atoms with van der Waals surface area (Å²) in [6.45, 7) is 1.07. The van der Waals surface area contributed by atoms with E-state index in [9.17, 15) is 14.7 Å². The summed E-state index contributed by atoms with van der Waals surface area (Å²) in [6.07, 6.45) is 0.651. The van der Waals surface area contributed by atoms with Crippen LogP contribution in [-0.4, -0.2) is 75.1 Å². The van der Waals surface area contributed by atoms with Crippen LogP contribution in [0.2, 0.25) is 5.02 Å². The van der Waals surface area contributed by atoms with Gasteiger partial charge >= 0.3 is 0 Å². The van der Waals surface area contributed by atoms with Gasteiger partial charge in [0.1, 0.15) is 11.5 Å². The topological polar surface area (TPSA) is 88.5 Å². The molecule has 8 nitrogen and oxygen atoms in total. The number of ketones is 1. The summed E-state index contributed by atoms with van der Waals surface area (Å²) < 4.78 is 15.9. The number of Topliss-reactive ketones (excluding diaryl/α,β-unsaturated/α-hetero) is 1. The van der Waals surface area contributed by atoms with Crippen LogP contribution in [0.15, 0.2) is 42.0 Å². The van der Waals surface area contributed by atoms with Gasteiger partial charge in [0, 0.05) is 12.1 Å². The number of benzene rings is 2. The van der Waals surface area contributed by atoms with E-state index in [1.54, 1.807) is 30.3 Å². The molecule has 0 saturated carbocycles. The second-order valence-electron chi connectivity index (χ2n) is 8.11. The van der Waals surface area contributed by atoms with Gasteiger partial charge in [-0.3, -0.25) is 9.59 Å². The summed E-state index contributed by atoms with van der Waals surface area (Å²) in [6, 6.07) is 9.05. The molecule has 182 valence electrons. The molecule has 1 heterocycles. The minimum atomic E-state index is -0.803. The number of rotatable bonds is 9. The number of likely N-dealkylation sites (tertiary alicyclic amines) is 1. The van der Waals surface area contributed by atoms with Crippen molar-refractivity contribution in [3.63, 3.8) is 0 Å². The van der Waals surface area contributed by atoms with Gasteiger partial charge in [-0.15, -0.1) is 0 Å². The fraction of sp³-hybridized carbons (Fsp3) is 0.360. The van der Waals surface area contributed by atoms with Crippen LogP contribution in [0.4, 0.5) is 0 Å². The maximum absolute atomic E-state index is 13.2. The van der Waals surface area contributed by atoms with E-state index in [-0.39, 0.29) is 16.4 Å². The van der Waals surface area contributed by atoms with Gasteiger partial charge in [0.05, 0.1) is 38.0 Å². The SMILES string of the molecule is COc1ccc(/C(O)=C2\C(=O)C(=O)N(CCCN(C)C)[C@@H]2c2ccc(OC)c(OC)c2)cc1Cl. The van der Waals surface area contributed by atoms with Gasteiger partial charge in [0.15, 0.2) is 11.5 Å². The number of hydrogen-bond acceptors (Lipinski definition) is 7. The minimum Gasteiger partial charge on any atom is -0.507 e. The van der Waals surface area contributed by atoms with Crippen LogP contribution < -0.4 is 14.2 Å². The van der Waals surface area contributed by atoms with E-state index in [0.29, 0.717) is 41.3 Å². The third kappa shape index (κ3) is 4.98. The third-order valence-electron chi connectivity index (χ3n) is 5.69. The second-order valence-corrected chi connectivity index (χ2v) is 8.52. The standard InChI is InChI=1S/C25H29ClN2O6/c1-27(2)11-6-12-28-22(15-7-10-19(33-4)20(14-15)34-5)21(24(30)25(28)31)23(29)16-8-9-18(32-3)17(26)13-16/h7-10,13-14,22,29H,6,11-12H2,1-5H3/b23-21+/t22-/m1/s1. The van der Waals surface area contributed by atoms with Crippen LogP contribution in [0.3, 0.4) is 0 Å². The molecule has 1 aliphatic rings. The maximum atomic E-state index is 13.2. The van der Waals surface area contributed by atoms with Crippen LogP contribution >= 0.6 is 11.6 Å². The predicted octanol–water partition coefficient (Wildman–Crippen LogP) is 3.74. The zero-order chi connectivity index (χ0) is 25.0. The molecule has 2 aromatic carbocycles. The number of ether oxygens (including phenoxy) is 3. The minimum absolute atomic E-state index is 0.0108. The molecule has 9 heteroatoms. The van der Waals surface area contributed by atoms with Gasteiger partial charge in [-0.25, -0.2) is 0 Å². The van der Waals surface area contributed by atoms with Crippen molar-refractivity contribution in [2.24, 2.45) is 0 Å². The Balaban J connectivity index is 2.16. The highest BCUT2D eigenvalue weighted by Gasteiger charge is 2.46. The van der Waals surface area contributed by atoms with Gasteiger partial charge in [-0.2, -0.15) is 0 Å². The summed E-state index contributed by atoms with van der Waals surface area (Å²) in [4.78, 5) is 29.7. The van der Waals surface area contributed by atoms with E-state index in [1.165, 1.54) is 32.3 Å². The molecule has 1 atom stereocenters. The third-order valence-corrected chi connectivity index (χ3v) is 5.99. The van der Waals surface area contributed by atoms with E-state index in [1.807, 2.05) is 19.0 Å². The van der Waals surface area contributed by atoms with Gasteiger partial charge in [0.2, 0.25) is 0 Å². The normalized spacial score (nSPS) is 17.4. The smallest absolute Gasteiger partial charge is 0.295 e. The Bertz CT molecular complexity index is 1110. The first-order valence-electron chi connectivity index (χ1n) is 10.7. The van der Waals surface area contributed by atoms with Crippen LogP contribution in [-0.2, 0) is 9.59 Å². The van der Waals surface area contributed by atoms with Crippen molar-refractivity contribution < 1.29 is 28.9 Å². The number of carbonyl (C=O) groups is 2. The highest BCUT2D eigenvalue weighted by Crippen LogP contribution is 2.42. The molecule has 1 aliphatic heterocycles. The number of aliphatic hydroxyl groups is 1. The first-order chi connectivity index (χ1) is 16.2. The molecule has 0 spiro atoms. The Morgan fingerprint density at radius 3 is 2.24 bits per heavy atom. The van der Waals surface area contributed by atoms with Crippen LogP contribution in [0.1, 0.15) is 23.6 Å². The lowest BCUT2D eigenvalue weighted by Crippen LogP contribution is -2.32. The van der Waals surface area contributed by atoms with Crippen molar-refractivity contribution in [2.45, 2.75) is 12.5 Å². The van der Waals surface area contributed by atoms with E-state index < -0.39 is 17.7 Å². The summed E-state index contributed by atoms with van der Waals surface area (Å²) in [5.74, 6) is -0.338. The number of halogens is 1. The summed E-state index contributed by atoms with van der Waals surface area (Å²) in [5.41, 5.74) is 0.911. The molecule has 1 amide bonds. The largest absolute Gasteiger partial charge is 0.507 e. The van der Waals surface area contributed by atoms with Crippen molar-refractivity contribution in [3.8, 4) is 17.2 Å². The maximum Gasteiger partial charge on any atom is 0.295 e. The molecule has 1 fully saturated rings. The van der Waals surface area contributed by atoms with Crippen LogP contribution in [0, 0.1) is 0 Å². The number of amides is 1. The number of nitrogens with zero attached hydrogens (tertiary/aromatic N) is 2. The van der Waals surface area contributed by atoms with Gasteiger partial charge < -0.3 is 29.1 Å². The number of hydrogen-bond donors (Lipinski definition) is 1. The van der Waals surface area contributed by atoms with Crippen molar-refractivity contribution in [1.29, 1.82) is 0 Å².